The Morgan fingerprint density at radius 3 is 2.75 bits per heavy atom. The van der Waals surface area contributed by atoms with Crippen LogP contribution in [0.15, 0.2) is 18.2 Å². The molecule has 1 saturated carbocycles. The minimum atomic E-state index is -0.717. The number of carbonyl (C=O) groups is 1. The molecule has 1 N–H and O–H groups in total. The summed E-state index contributed by atoms with van der Waals surface area (Å²) in [6.07, 6.45) is 1.67. The summed E-state index contributed by atoms with van der Waals surface area (Å²) in [6.45, 7) is 0. The van der Waals surface area contributed by atoms with Crippen molar-refractivity contribution in [3.05, 3.63) is 28.8 Å². The fourth-order valence-electron chi connectivity index (χ4n) is 2.10. The molecular weight excluding hydrogens is 228 g/mol. The highest BCUT2D eigenvalue weighted by Gasteiger charge is 2.37. The van der Waals surface area contributed by atoms with Gasteiger partial charge in [0.2, 0.25) is 0 Å². The third-order valence-electron chi connectivity index (χ3n) is 3.19. The van der Waals surface area contributed by atoms with E-state index in [1.165, 1.54) is 0 Å². The molecule has 1 aliphatic carbocycles. The summed E-state index contributed by atoms with van der Waals surface area (Å²) in [5.74, 6) is -0.269. The normalized spacial score (nSPS) is 23.6. The van der Waals surface area contributed by atoms with Crippen molar-refractivity contribution in [3.63, 3.8) is 0 Å². The Kier molecular flexibility index (Phi) is 3.06. The van der Waals surface area contributed by atoms with Crippen LogP contribution in [0.5, 0.6) is 5.75 Å². The molecule has 0 heterocycles. The molecule has 0 radical (unpaired) electrons. The van der Waals surface area contributed by atoms with Crippen molar-refractivity contribution in [1.82, 2.24) is 0 Å². The van der Waals surface area contributed by atoms with Crippen molar-refractivity contribution < 1.29 is 14.6 Å². The van der Waals surface area contributed by atoms with Gasteiger partial charge in [0, 0.05) is 0 Å². The summed E-state index contributed by atoms with van der Waals surface area (Å²) in [5, 5.41) is 9.54. The van der Waals surface area contributed by atoms with Gasteiger partial charge >= 0.3 is 5.97 Å². The average molecular weight is 241 g/mol. The quantitative estimate of drug-likeness (QED) is 0.884. The van der Waals surface area contributed by atoms with Gasteiger partial charge in [-0.15, -0.1) is 0 Å². The monoisotopic (exact) mass is 240 g/mol. The second kappa shape index (κ2) is 4.34. The van der Waals surface area contributed by atoms with E-state index < -0.39 is 5.97 Å². The van der Waals surface area contributed by atoms with Gasteiger partial charge in [-0.1, -0.05) is 17.7 Å². The Morgan fingerprint density at radius 1 is 1.50 bits per heavy atom. The first-order valence-corrected chi connectivity index (χ1v) is 5.57. The largest absolute Gasteiger partial charge is 0.495 e. The first-order valence-electron chi connectivity index (χ1n) is 5.19. The van der Waals surface area contributed by atoms with E-state index in [1.807, 2.05) is 12.1 Å². The maximum Gasteiger partial charge on any atom is 0.307 e. The zero-order valence-corrected chi connectivity index (χ0v) is 9.70. The van der Waals surface area contributed by atoms with E-state index >= 15 is 0 Å². The Labute approximate surface area is 99.0 Å². The van der Waals surface area contributed by atoms with Crippen LogP contribution >= 0.6 is 11.6 Å². The van der Waals surface area contributed by atoms with E-state index in [0.717, 1.165) is 18.4 Å². The van der Waals surface area contributed by atoms with Crippen molar-refractivity contribution in [2.75, 3.05) is 7.11 Å². The number of methoxy groups -OCH3 is 1. The van der Waals surface area contributed by atoms with Crippen LogP contribution in [0.3, 0.4) is 0 Å². The van der Waals surface area contributed by atoms with Gasteiger partial charge in [0.05, 0.1) is 18.1 Å². The predicted molar refractivity (Wildman–Crippen MR) is 61.1 cm³/mol. The Hall–Kier alpha value is -1.22. The number of hydrogen-bond donors (Lipinski definition) is 1. The fourth-order valence-corrected chi connectivity index (χ4v) is 2.30. The molecule has 1 aromatic rings. The molecule has 1 aromatic carbocycles. The van der Waals surface area contributed by atoms with E-state index in [4.69, 9.17) is 21.4 Å². The zero-order chi connectivity index (χ0) is 11.7. The lowest BCUT2D eigenvalue weighted by Crippen LogP contribution is -2.30. The minimum Gasteiger partial charge on any atom is -0.495 e. The molecular formula is C12H13ClO3. The summed E-state index contributed by atoms with van der Waals surface area (Å²) in [4.78, 5) is 10.9. The number of benzene rings is 1. The lowest BCUT2D eigenvalue weighted by atomic mass is 9.70. The van der Waals surface area contributed by atoms with Crippen molar-refractivity contribution in [2.45, 2.75) is 18.8 Å². The highest BCUT2D eigenvalue weighted by molar-refractivity contribution is 6.32. The number of halogens is 1. The number of hydrogen-bond acceptors (Lipinski definition) is 2. The Bertz CT molecular complexity index is 417. The molecule has 2 unspecified atom stereocenters. The van der Waals surface area contributed by atoms with Crippen molar-refractivity contribution >= 4 is 17.6 Å². The van der Waals surface area contributed by atoms with E-state index in [2.05, 4.69) is 0 Å². The summed E-state index contributed by atoms with van der Waals surface area (Å²) in [6, 6.07) is 5.47. The third kappa shape index (κ3) is 1.87. The van der Waals surface area contributed by atoms with E-state index in [-0.39, 0.29) is 11.8 Å². The van der Waals surface area contributed by atoms with Crippen LogP contribution in [-0.4, -0.2) is 18.2 Å². The molecule has 0 spiro atoms. The van der Waals surface area contributed by atoms with Crippen molar-refractivity contribution in [1.29, 1.82) is 0 Å². The van der Waals surface area contributed by atoms with Gasteiger partial charge < -0.3 is 9.84 Å². The van der Waals surface area contributed by atoms with E-state index in [1.54, 1.807) is 13.2 Å². The molecule has 4 heteroatoms. The Morgan fingerprint density at radius 2 is 2.25 bits per heavy atom. The second-order valence-electron chi connectivity index (χ2n) is 4.02. The van der Waals surface area contributed by atoms with Gasteiger partial charge in [-0.05, 0) is 36.5 Å². The molecule has 0 amide bonds. The van der Waals surface area contributed by atoms with Gasteiger partial charge in [0.25, 0.3) is 0 Å². The molecule has 2 rings (SSSR count). The number of carboxylic acid groups (broad SMARTS) is 1. The molecule has 2 atom stereocenters. The topological polar surface area (TPSA) is 46.5 Å². The average Bonchev–Trinajstić information content (AvgIpc) is 2.18. The molecule has 16 heavy (non-hydrogen) atoms. The SMILES string of the molecule is COc1cc(C2CCC2C(=O)O)ccc1Cl. The standard InChI is InChI=1S/C12H13ClO3/c1-16-11-6-7(2-5-10(11)13)8-3-4-9(8)12(14)15/h2,5-6,8-9H,3-4H2,1H3,(H,14,15). The second-order valence-corrected chi connectivity index (χ2v) is 4.43. The van der Waals surface area contributed by atoms with Crippen LogP contribution in [-0.2, 0) is 4.79 Å². The van der Waals surface area contributed by atoms with Crippen LogP contribution < -0.4 is 4.74 Å². The highest BCUT2D eigenvalue weighted by atomic mass is 35.5. The van der Waals surface area contributed by atoms with Gasteiger partial charge in [0.15, 0.2) is 0 Å². The van der Waals surface area contributed by atoms with Crippen LogP contribution in [0.2, 0.25) is 5.02 Å². The molecule has 1 aliphatic rings. The molecule has 0 saturated heterocycles. The van der Waals surface area contributed by atoms with Crippen LogP contribution in [0.4, 0.5) is 0 Å². The first kappa shape index (κ1) is 11.3. The van der Waals surface area contributed by atoms with Gasteiger partial charge in [-0.2, -0.15) is 0 Å². The summed E-state index contributed by atoms with van der Waals surface area (Å²) < 4.78 is 5.12. The summed E-state index contributed by atoms with van der Waals surface area (Å²) in [7, 11) is 1.56. The maximum atomic E-state index is 10.9. The fraction of sp³-hybridized carbons (Fsp3) is 0.417. The minimum absolute atomic E-state index is 0.101. The molecule has 86 valence electrons. The highest BCUT2D eigenvalue weighted by Crippen LogP contribution is 2.44. The summed E-state index contributed by atoms with van der Waals surface area (Å²) >= 11 is 5.92. The molecule has 0 bridgehead atoms. The lowest BCUT2D eigenvalue weighted by Gasteiger charge is -2.33. The molecule has 0 aliphatic heterocycles. The zero-order valence-electron chi connectivity index (χ0n) is 8.94. The lowest BCUT2D eigenvalue weighted by molar-refractivity contribution is -0.145. The number of carboxylic acids is 1. The van der Waals surface area contributed by atoms with E-state index in [0.29, 0.717) is 10.8 Å². The van der Waals surface area contributed by atoms with Crippen molar-refractivity contribution in [3.8, 4) is 5.75 Å². The van der Waals surface area contributed by atoms with E-state index in [9.17, 15) is 4.79 Å². The molecule has 1 fully saturated rings. The molecule has 3 nitrogen and oxygen atoms in total. The van der Waals surface area contributed by atoms with Crippen LogP contribution in [0.25, 0.3) is 0 Å². The predicted octanol–water partition coefficient (Wildman–Crippen LogP) is 2.93. The number of aliphatic carboxylic acids is 1. The maximum absolute atomic E-state index is 10.9. The van der Waals surface area contributed by atoms with Gasteiger partial charge in [0.1, 0.15) is 5.75 Å². The number of rotatable bonds is 3. The van der Waals surface area contributed by atoms with Crippen LogP contribution in [0, 0.1) is 5.92 Å². The summed E-state index contributed by atoms with van der Waals surface area (Å²) in [5.41, 5.74) is 1.000. The van der Waals surface area contributed by atoms with Gasteiger partial charge in [-0.3, -0.25) is 4.79 Å². The van der Waals surface area contributed by atoms with Gasteiger partial charge in [-0.25, -0.2) is 0 Å². The smallest absolute Gasteiger partial charge is 0.307 e. The first-order chi connectivity index (χ1) is 7.63. The van der Waals surface area contributed by atoms with Crippen LogP contribution in [0.1, 0.15) is 24.3 Å². The third-order valence-corrected chi connectivity index (χ3v) is 3.51. The number of ether oxygens (including phenoxy) is 1. The van der Waals surface area contributed by atoms with Crippen molar-refractivity contribution in [2.24, 2.45) is 5.92 Å². The molecule has 0 aromatic heterocycles. The Balaban J connectivity index is 2.24.